The minimum Gasteiger partial charge on any atom is -0.480 e. The van der Waals surface area contributed by atoms with Crippen molar-refractivity contribution in [1.82, 2.24) is 4.90 Å². The van der Waals surface area contributed by atoms with E-state index in [1.807, 2.05) is 30.3 Å². The van der Waals surface area contributed by atoms with Crippen LogP contribution >= 0.6 is 0 Å². The minimum absolute atomic E-state index is 0.0161. The van der Waals surface area contributed by atoms with Crippen molar-refractivity contribution in [1.29, 1.82) is 0 Å². The quantitative estimate of drug-likeness (QED) is 0.904. The molecular weight excluding hydrogens is 314 g/mol. The monoisotopic (exact) mass is 335 g/mol. The van der Waals surface area contributed by atoms with Crippen molar-refractivity contribution in [2.24, 2.45) is 5.92 Å². The van der Waals surface area contributed by atoms with Crippen LogP contribution in [0.4, 0.5) is 4.79 Å². The Hall–Kier alpha value is -2.12. The van der Waals surface area contributed by atoms with Crippen molar-refractivity contribution >= 4 is 12.1 Å². The SMILES string of the molecule is O=C(O)[C@@H]1COC(C2CCOCC2)N1C(=O)OCc1ccccc1. The van der Waals surface area contributed by atoms with Crippen LogP contribution in [0.15, 0.2) is 30.3 Å². The average Bonchev–Trinajstić information content (AvgIpc) is 3.07. The third-order valence-corrected chi connectivity index (χ3v) is 4.41. The second-order valence-corrected chi connectivity index (χ2v) is 5.98. The molecule has 1 amide bonds. The van der Waals surface area contributed by atoms with E-state index in [2.05, 4.69) is 0 Å². The van der Waals surface area contributed by atoms with Gasteiger partial charge < -0.3 is 19.3 Å². The number of nitrogens with zero attached hydrogens (tertiary/aromatic N) is 1. The lowest BCUT2D eigenvalue weighted by molar-refractivity contribution is -0.142. The normalized spacial score (nSPS) is 24.8. The summed E-state index contributed by atoms with van der Waals surface area (Å²) in [7, 11) is 0. The molecule has 0 spiro atoms. The molecule has 1 aromatic rings. The number of carboxylic acids is 1. The number of carboxylic acid groups (broad SMARTS) is 1. The molecule has 2 atom stereocenters. The molecule has 0 saturated carbocycles. The third kappa shape index (κ3) is 3.68. The molecule has 2 fully saturated rings. The average molecular weight is 335 g/mol. The lowest BCUT2D eigenvalue weighted by Crippen LogP contribution is -2.49. The Balaban J connectivity index is 1.69. The molecule has 2 aliphatic rings. The van der Waals surface area contributed by atoms with E-state index in [9.17, 15) is 14.7 Å². The van der Waals surface area contributed by atoms with Crippen LogP contribution in [-0.4, -0.2) is 54.2 Å². The summed E-state index contributed by atoms with van der Waals surface area (Å²) in [6.45, 7) is 1.27. The van der Waals surface area contributed by atoms with Gasteiger partial charge in [0.15, 0.2) is 6.04 Å². The van der Waals surface area contributed by atoms with Gasteiger partial charge >= 0.3 is 12.1 Å². The second-order valence-electron chi connectivity index (χ2n) is 5.98. The maximum absolute atomic E-state index is 12.5. The molecule has 0 aromatic heterocycles. The van der Waals surface area contributed by atoms with Gasteiger partial charge in [0.2, 0.25) is 0 Å². The molecule has 2 aliphatic heterocycles. The molecule has 2 heterocycles. The molecule has 130 valence electrons. The number of aliphatic carboxylic acids is 1. The van der Waals surface area contributed by atoms with E-state index in [1.165, 1.54) is 4.90 Å². The fraction of sp³-hybridized carbons (Fsp3) is 0.529. The van der Waals surface area contributed by atoms with Crippen molar-refractivity contribution in [2.45, 2.75) is 31.7 Å². The van der Waals surface area contributed by atoms with Gasteiger partial charge in [-0.25, -0.2) is 9.59 Å². The highest BCUT2D eigenvalue weighted by Gasteiger charge is 2.46. The smallest absolute Gasteiger partial charge is 0.413 e. The van der Waals surface area contributed by atoms with Crippen LogP contribution < -0.4 is 0 Å². The van der Waals surface area contributed by atoms with E-state index in [4.69, 9.17) is 14.2 Å². The lowest BCUT2D eigenvalue weighted by atomic mass is 9.97. The maximum Gasteiger partial charge on any atom is 0.413 e. The van der Waals surface area contributed by atoms with Crippen LogP contribution in [0.1, 0.15) is 18.4 Å². The summed E-state index contributed by atoms with van der Waals surface area (Å²) < 4.78 is 16.3. The van der Waals surface area contributed by atoms with Gasteiger partial charge in [-0.1, -0.05) is 30.3 Å². The summed E-state index contributed by atoms with van der Waals surface area (Å²) in [5.41, 5.74) is 0.848. The van der Waals surface area contributed by atoms with Gasteiger partial charge in [-0.3, -0.25) is 4.90 Å². The van der Waals surface area contributed by atoms with Crippen LogP contribution in [-0.2, 0) is 25.6 Å². The molecule has 1 N–H and O–H groups in total. The molecule has 0 aliphatic carbocycles. The van der Waals surface area contributed by atoms with Crippen LogP contribution in [0, 0.1) is 5.92 Å². The Bertz CT molecular complexity index is 572. The molecule has 0 bridgehead atoms. The molecule has 7 heteroatoms. The van der Waals surface area contributed by atoms with Gasteiger partial charge in [-0.2, -0.15) is 0 Å². The van der Waals surface area contributed by atoms with E-state index in [1.54, 1.807) is 0 Å². The molecule has 3 rings (SSSR count). The Labute approximate surface area is 140 Å². The lowest BCUT2D eigenvalue weighted by Gasteiger charge is -2.33. The summed E-state index contributed by atoms with van der Waals surface area (Å²) in [5.74, 6) is -1.02. The van der Waals surface area contributed by atoms with E-state index >= 15 is 0 Å². The van der Waals surface area contributed by atoms with E-state index < -0.39 is 24.3 Å². The first-order valence-corrected chi connectivity index (χ1v) is 8.08. The number of amides is 1. The second kappa shape index (κ2) is 7.63. The highest BCUT2D eigenvalue weighted by atomic mass is 16.6. The molecule has 2 saturated heterocycles. The number of hydrogen-bond acceptors (Lipinski definition) is 5. The molecule has 1 aromatic carbocycles. The molecule has 1 unspecified atom stereocenters. The van der Waals surface area contributed by atoms with Crippen molar-refractivity contribution in [2.75, 3.05) is 19.8 Å². The van der Waals surface area contributed by atoms with E-state index in [0.717, 1.165) is 18.4 Å². The van der Waals surface area contributed by atoms with Gasteiger partial charge in [0.05, 0.1) is 6.61 Å². The number of hydrogen-bond donors (Lipinski definition) is 1. The predicted molar refractivity (Wildman–Crippen MR) is 83.2 cm³/mol. The summed E-state index contributed by atoms with van der Waals surface area (Å²) >= 11 is 0. The highest BCUT2D eigenvalue weighted by molar-refractivity contribution is 5.81. The summed E-state index contributed by atoms with van der Waals surface area (Å²) in [5, 5.41) is 9.38. The fourth-order valence-corrected chi connectivity index (χ4v) is 3.11. The zero-order chi connectivity index (χ0) is 16.9. The van der Waals surface area contributed by atoms with Crippen molar-refractivity contribution in [3.63, 3.8) is 0 Å². The first-order valence-electron chi connectivity index (χ1n) is 8.08. The number of ether oxygens (including phenoxy) is 3. The zero-order valence-electron chi connectivity index (χ0n) is 13.3. The summed E-state index contributed by atoms with van der Waals surface area (Å²) in [6, 6.07) is 8.26. The fourth-order valence-electron chi connectivity index (χ4n) is 3.11. The topological polar surface area (TPSA) is 85.3 Å². The maximum atomic E-state index is 12.5. The first-order chi connectivity index (χ1) is 11.7. The van der Waals surface area contributed by atoms with Gasteiger partial charge in [-0.15, -0.1) is 0 Å². The van der Waals surface area contributed by atoms with E-state index in [0.29, 0.717) is 13.2 Å². The summed E-state index contributed by atoms with van der Waals surface area (Å²) in [6.07, 6.45) is 0.248. The Morgan fingerprint density at radius 1 is 1.21 bits per heavy atom. The Kier molecular flexibility index (Phi) is 5.32. The van der Waals surface area contributed by atoms with Crippen LogP contribution in [0.5, 0.6) is 0 Å². The molecular formula is C17H21NO6. The summed E-state index contributed by atoms with van der Waals surface area (Å²) in [4.78, 5) is 25.2. The van der Waals surface area contributed by atoms with Gasteiger partial charge in [0.1, 0.15) is 12.8 Å². The Morgan fingerprint density at radius 3 is 2.58 bits per heavy atom. The van der Waals surface area contributed by atoms with Gasteiger partial charge in [0.25, 0.3) is 0 Å². The zero-order valence-corrected chi connectivity index (χ0v) is 13.3. The Morgan fingerprint density at radius 2 is 1.92 bits per heavy atom. The van der Waals surface area contributed by atoms with Crippen LogP contribution in [0.3, 0.4) is 0 Å². The number of benzene rings is 1. The van der Waals surface area contributed by atoms with Crippen molar-refractivity contribution in [3.05, 3.63) is 35.9 Å². The van der Waals surface area contributed by atoms with Crippen LogP contribution in [0.25, 0.3) is 0 Å². The number of carbonyl (C=O) groups excluding carboxylic acids is 1. The molecule has 24 heavy (non-hydrogen) atoms. The number of rotatable bonds is 4. The minimum atomic E-state index is -1.08. The third-order valence-electron chi connectivity index (χ3n) is 4.41. The van der Waals surface area contributed by atoms with Gasteiger partial charge in [-0.05, 0) is 18.4 Å². The molecule has 7 nitrogen and oxygen atoms in total. The van der Waals surface area contributed by atoms with Crippen LogP contribution in [0.2, 0.25) is 0 Å². The van der Waals surface area contributed by atoms with Crippen molar-refractivity contribution < 1.29 is 28.9 Å². The highest BCUT2D eigenvalue weighted by Crippen LogP contribution is 2.30. The van der Waals surface area contributed by atoms with E-state index in [-0.39, 0.29) is 19.1 Å². The first kappa shape index (κ1) is 16.7. The van der Waals surface area contributed by atoms with Crippen molar-refractivity contribution in [3.8, 4) is 0 Å². The number of carbonyl (C=O) groups is 2. The predicted octanol–water partition coefficient (Wildman–Crippen LogP) is 1.86. The largest absolute Gasteiger partial charge is 0.480 e. The van der Waals surface area contributed by atoms with Gasteiger partial charge in [0, 0.05) is 19.1 Å². The standard InChI is InChI=1S/C17H21NO6/c19-16(20)14-11-23-15(13-6-8-22-9-7-13)18(14)17(21)24-10-12-4-2-1-3-5-12/h1-5,13-15H,6-11H2,(H,19,20)/t14-,15?/m0/s1. The molecule has 0 radical (unpaired) electrons.